The SMILES string of the molecule is C=CCc1cc(CNC(=NC)NCC(C)(C)SC)cc(OC)c1OC.I. The number of hydrogen-bond donors (Lipinski definition) is 2. The summed E-state index contributed by atoms with van der Waals surface area (Å²) in [7, 11) is 5.08. The number of hydrogen-bond acceptors (Lipinski definition) is 4. The third-order valence-electron chi connectivity index (χ3n) is 3.90. The van der Waals surface area contributed by atoms with E-state index in [1.54, 1.807) is 21.3 Å². The molecule has 0 spiro atoms. The Labute approximate surface area is 179 Å². The Bertz CT molecular complexity index is 607. The molecule has 0 saturated carbocycles. The van der Waals surface area contributed by atoms with Crippen molar-refractivity contribution >= 4 is 41.7 Å². The smallest absolute Gasteiger partial charge is 0.191 e. The van der Waals surface area contributed by atoms with Crippen molar-refractivity contribution in [3.8, 4) is 11.5 Å². The number of guanidine groups is 1. The molecule has 0 atom stereocenters. The van der Waals surface area contributed by atoms with Crippen LogP contribution in [0.25, 0.3) is 0 Å². The Morgan fingerprint density at radius 1 is 1.27 bits per heavy atom. The minimum absolute atomic E-state index is 0. The van der Waals surface area contributed by atoms with Gasteiger partial charge in [0.05, 0.1) is 14.2 Å². The van der Waals surface area contributed by atoms with Crippen LogP contribution < -0.4 is 20.1 Å². The molecule has 0 amide bonds. The van der Waals surface area contributed by atoms with Crippen molar-refractivity contribution in [1.82, 2.24) is 10.6 Å². The molecule has 26 heavy (non-hydrogen) atoms. The molecule has 0 radical (unpaired) electrons. The number of nitrogens with one attached hydrogen (secondary N) is 2. The van der Waals surface area contributed by atoms with Crippen molar-refractivity contribution in [2.45, 2.75) is 31.6 Å². The van der Waals surface area contributed by atoms with Crippen LogP contribution in [0.3, 0.4) is 0 Å². The zero-order chi connectivity index (χ0) is 18.9. The molecule has 7 heteroatoms. The predicted octanol–water partition coefficient (Wildman–Crippen LogP) is 3.86. The maximum Gasteiger partial charge on any atom is 0.191 e. The number of allylic oxidation sites excluding steroid dienone is 1. The summed E-state index contributed by atoms with van der Waals surface area (Å²) >= 11 is 1.83. The molecule has 0 saturated heterocycles. The normalized spacial score (nSPS) is 11.4. The van der Waals surface area contributed by atoms with Gasteiger partial charge in [0, 0.05) is 30.4 Å². The standard InChI is InChI=1S/C19H31N3O2S.HI/c1-8-9-15-10-14(11-16(23-5)17(15)24-6)12-21-18(20-4)22-13-19(2,3)25-7;/h8,10-11H,1,9,12-13H2,2-7H3,(H2,20,21,22);1H. The van der Waals surface area contributed by atoms with Crippen molar-refractivity contribution in [2.24, 2.45) is 4.99 Å². The van der Waals surface area contributed by atoms with Gasteiger partial charge < -0.3 is 20.1 Å². The first-order valence-corrected chi connectivity index (χ1v) is 9.47. The molecule has 2 N–H and O–H groups in total. The van der Waals surface area contributed by atoms with Crippen molar-refractivity contribution < 1.29 is 9.47 Å². The molecule has 0 heterocycles. The second-order valence-electron chi connectivity index (χ2n) is 6.23. The summed E-state index contributed by atoms with van der Waals surface area (Å²) in [5.74, 6) is 2.27. The number of ether oxygens (including phenoxy) is 2. The summed E-state index contributed by atoms with van der Waals surface area (Å²) < 4.78 is 11.1. The van der Waals surface area contributed by atoms with E-state index in [0.717, 1.165) is 41.6 Å². The molecule has 0 aliphatic carbocycles. The summed E-state index contributed by atoms with van der Waals surface area (Å²) in [6.45, 7) is 9.70. The summed E-state index contributed by atoms with van der Waals surface area (Å²) in [6.07, 6.45) is 4.70. The van der Waals surface area contributed by atoms with Gasteiger partial charge in [-0.3, -0.25) is 4.99 Å². The largest absolute Gasteiger partial charge is 0.493 e. The number of benzene rings is 1. The van der Waals surface area contributed by atoms with E-state index in [0.29, 0.717) is 6.54 Å². The highest BCUT2D eigenvalue weighted by molar-refractivity contribution is 14.0. The maximum atomic E-state index is 5.48. The van der Waals surface area contributed by atoms with Crippen LogP contribution in [-0.4, -0.2) is 44.8 Å². The molecular weight excluding hydrogens is 461 g/mol. The zero-order valence-electron chi connectivity index (χ0n) is 16.6. The summed E-state index contributed by atoms with van der Waals surface area (Å²) in [6, 6.07) is 4.09. The Morgan fingerprint density at radius 3 is 2.46 bits per heavy atom. The van der Waals surface area contributed by atoms with Gasteiger partial charge in [0.1, 0.15) is 0 Å². The fourth-order valence-corrected chi connectivity index (χ4v) is 2.51. The zero-order valence-corrected chi connectivity index (χ0v) is 19.8. The van der Waals surface area contributed by atoms with Gasteiger partial charge in [-0.1, -0.05) is 6.08 Å². The lowest BCUT2D eigenvalue weighted by Crippen LogP contribution is -2.43. The van der Waals surface area contributed by atoms with Crippen LogP contribution >= 0.6 is 35.7 Å². The third-order valence-corrected chi connectivity index (χ3v) is 5.15. The molecular formula is C19H32IN3O2S. The summed E-state index contributed by atoms with van der Waals surface area (Å²) in [5, 5.41) is 6.72. The van der Waals surface area contributed by atoms with Crippen molar-refractivity contribution in [3.05, 3.63) is 35.9 Å². The Balaban J connectivity index is 0.00000625. The van der Waals surface area contributed by atoms with Crippen molar-refractivity contribution in [3.63, 3.8) is 0 Å². The number of thioether (sulfide) groups is 1. The first-order chi connectivity index (χ1) is 11.9. The quantitative estimate of drug-likeness (QED) is 0.237. The lowest BCUT2D eigenvalue weighted by molar-refractivity contribution is 0.352. The minimum atomic E-state index is 0. The van der Waals surface area contributed by atoms with E-state index in [4.69, 9.17) is 9.47 Å². The average Bonchev–Trinajstić information content (AvgIpc) is 2.61. The highest BCUT2D eigenvalue weighted by Crippen LogP contribution is 2.33. The number of nitrogens with zero attached hydrogens (tertiary/aromatic N) is 1. The van der Waals surface area contributed by atoms with Crippen LogP contribution in [0.1, 0.15) is 25.0 Å². The highest BCUT2D eigenvalue weighted by Gasteiger charge is 2.16. The van der Waals surface area contributed by atoms with Crippen molar-refractivity contribution in [1.29, 1.82) is 0 Å². The highest BCUT2D eigenvalue weighted by atomic mass is 127. The maximum absolute atomic E-state index is 5.48. The van der Waals surface area contributed by atoms with Crippen LogP contribution in [0, 0.1) is 0 Å². The second kappa shape index (κ2) is 12.3. The van der Waals surface area contributed by atoms with E-state index in [2.05, 4.69) is 48.4 Å². The second-order valence-corrected chi connectivity index (χ2v) is 7.74. The summed E-state index contributed by atoms with van der Waals surface area (Å²) in [5.41, 5.74) is 2.15. The third kappa shape index (κ3) is 7.65. The molecule has 1 rings (SSSR count). The van der Waals surface area contributed by atoms with Gasteiger partial charge in [-0.2, -0.15) is 11.8 Å². The molecule has 0 bridgehead atoms. The number of aliphatic imine (C=N–C) groups is 1. The van der Waals surface area contributed by atoms with Crippen molar-refractivity contribution in [2.75, 3.05) is 34.1 Å². The molecule has 0 aliphatic heterocycles. The molecule has 5 nitrogen and oxygen atoms in total. The topological polar surface area (TPSA) is 54.9 Å². The van der Waals surface area contributed by atoms with E-state index in [1.807, 2.05) is 23.9 Å². The van der Waals surface area contributed by atoms with E-state index in [1.165, 1.54) is 0 Å². The molecule has 1 aromatic rings. The Kier molecular flexibility index (Phi) is 11.8. The fraction of sp³-hybridized carbons (Fsp3) is 0.526. The molecule has 0 fully saturated rings. The number of halogens is 1. The van der Waals surface area contributed by atoms with Gasteiger partial charge >= 0.3 is 0 Å². The van der Waals surface area contributed by atoms with Crippen LogP contribution in [0.4, 0.5) is 0 Å². The lowest BCUT2D eigenvalue weighted by atomic mass is 10.1. The Morgan fingerprint density at radius 2 is 1.96 bits per heavy atom. The van der Waals surface area contributed by atoms with Crippen LogP contribution in [0.2, 0.25) is 0 Å². The van der Waals surface area contributed by atoms with Gasteiger partial charge in [-0.05, 0) is 44.2 Å². The predicted molar refractivity (Wildman–Crippen MR) is 125 cm³/mol. The van der Waals surface area contributed by atoms with Gasteiger partial charge in [0.25, 0.3) is 0 Å². The molecule has 1 aromatic carbocycles. The molecule has 0 aromatic heterocycles. The minimum Gasteiger partial charge on any atom is -0.493 e. The van der Waals surface area contributed by atoms with Gasteiger partial charge in [0.2, 0.25) is 0 Å². The number of methoxy groups -OCH3 is 2. The van der Waals surface area contributed by atoms with E-state index >= 15 is 0 Å². The molecule has 0 unspecified atom stereocenters. The number of rotatable bonds is 9. The average molecular weight is 493 g/mol. The molecule has 148 valence electrons. The first kappa shape index (κ1) is 24.9. The van der Waals surface area contributed by atoms with Gasteiger partial charge in [0.15, 0.2) is 17.5 Å². The summed E-state index contributed by atoms with van der Waals surface area (Å²) in [4.78, 5) is 4.29. The van der Waals surface area contributed by atoms with E-state index < -0.39 is 0 Å². The fourth-order valence-electron chi connectivity index (χ4n) is 2.29. The first-order valence-electron chi connectivity index (χ1n) is 8.25. The van der Waals surface area contributed by atoms with Crippen LogP contribution in [-0.2, 0) is 13.0 Å². The lowest BCUT2D eigenvalue weighted by Gasteiger charge is -2.24. The molecule has 0 aliphatic rings. The van der Waals surface area contributed by atoms with E-state index in [-0.39, 0.29) is 28.7 Å². The monoisotopic (exact) mass is 493 g/mol. The van der Waals surface area contributed by atoms with Gasteiger partial charge in [-0.25, -0.2) is 0 Å². The van der Waals surface area contributed by atoms with E-state index in [9.17, 15) is 0 Å². The van der Waals surface area contributed by atoms with Crippen LogP contribution in [0.15, 0.2) is 29.8 Å². The van der Waals surface area contributed by atoms with Gasteiger partial charge in [-0.15, -0.1) is 30.6 Å². The van der Waals surface area contributed by atoms with Crippen LogP contribution in [0.5, 0.6) is 11.5 Å². The Hall–Kier alpha value is -1.09.